The van der Waals surface area contributed by atoms with Crippen molar-refractivity contribution in [3.05, 3.63) is 58.2 Å². The minimum atomic E-state index is -1.54. The molecule has 2 aromatic rings. The average molecular weight is 452 g/mol. The number of aryl methyl sites for hydroxylation is 3. The Bertz CT molecular complexity index is 976. The van der Waals surface area contributed by atoms with Crippen LogP contribution in [0.4, 0.5) is 8.78 Å². The molecule has 0 aliphatic carbocycles. The van der Waals surface area contributed by atoms with Crippen molar-refractivity contribution in [2.75, 3.05) is 6.61 Å². The van der Waals surface area contributed by atoms with Crippen LogP contribution in [0.2, 0.25) is 0 Å². The number of nitrogens with one attached hydrogen (secondary N) is 1. The molecule has 0 heterocycles. The van der Waals surface area contributed by atoms with E-state index in [2.05, 4.69) is 4.72 Å². The van der Waals surface area contributed by atoms with Crippen LogP contribution >= 0.6 is 0 Å². The van der Waals surface area contributed by atoms with Gasteiger partial charge in [-0.05, 0) is 101 Å². The molecular weight excluding hydrogens is 420 g/mol. The summed E-state index contributed by atoms with van der Waals surface area (Å²) in [6.45, 7) is 12.5. The van der Waals surface area contributed by atoms with Crippen LogP contribution in [0.15, 0.2) is 24.3 Å². The van der Waals surface area contributed by atoms with Gasteiger partial charge in [0.1, 0.15) is 11.6 Å². The van der Waals surface area contributed by atoms with Crippen LogP contribution in [0.1, 0.15) is 62.4 Å². The Labute approximate surface area is 186 Å². The molecule has 2 aromatic carbocycles. The number of rotatable bonds is 7. The molecule has 0 amide bonds. The van der Waals surface area contributed by atoms with Crippen molar-refractivity contribution in [3.63, 3.8) is 0 Å². The van der Waals surface area contributed by atoms with Crippen LogP contribution in [0, 0.1) is 32.4 Å². The summed E-state index contributed by atoms with van der Waals surface area (Å²) in [6.07, 6.45) is -0.170. The van der Waals surface area contributed by atoms with Crippen molar-refractivity contribution in [1.82, 2.24) is 4.72 Å². The van der Waals surface area contributed by atoms with Crippen LogP contribution < -0.4 is 4.72 Å². The van der Waals surface area contributed by atoms with Crippen LogP contribution in [-0.2, 0) is 20.5 Å². The average Bonchev–Trinajstić information content (AvgIpc) is 2.62. The van der Waals surface area contributed by atoms with E-state index in [1.165, 1.54) is 12.1 Å². The first-order valence-corrected chi connectivity index (χ1v) is 11.4. The zero-order valence-electron chi connectivity index (χ0n) is 19.2. The molecule has 0 saturated carbocycles. The van der Waals surface area contributed by atoms with Gasteiger partial charge in [0.2, 0.25) is 0 Å². The molecule has 0 aliphatic heterocycles. The minimum Gasteiger partial charge on any atom is -0.466 e. The van der Waals surface area contributed by atoms with Crippen LogP contribution in [0.5, 0.6) is 0 Å². The fraction of sp³-hybridized carbons (Fsp3) is 0.458. The predicted octanol–water partition coefficient (Wildman–Crippen LogP) is 5.60. The Hall–Kier alpha value is -2.12. The first kappa shape index (κ1) is 25.1. The fourth-order valence-electron chi connectivity index (χ4n) is 3.47. The van der Waals surface area contributed by atoms with Gasteiger partial charge in [0, 0.05) is 5.56 Å². The van der Waals surface area contributed by atoms with E-state index in [9.17, 15) is 13.4 Å². The first-order valence-electron chi connectivity index (χ1n) is 10.3. The standard InChI is InChI=1S/C24H31F2NO3S/c1-8-30-21(28)13-20(27-31(29)24(5,6)7)19-12-17(9-16(4)23(19)26)22-14(2)10-18(25)11-15(22)3/h9-12,20,27H,8,13H2,1-7H3/t20-,31+/m0/s1. The molecule has 0 saturated heterocycles. The third-order valence-electron chi connectivity index (χ3n) is 4.93. The molecule has 0 unspecified atom stereocenters. The summed E-state index contributed by atoms with van der Waals surface area (Å²) in [4.78, 5) is 12.2. The second-order valence-corrected chi connectivity index (χ2v) is 10.7. The molecule has 2 rings (SSSR count). The van der Waals surface area contributed by atoms with Crippen molar-refractivity contribution >= 4 is 17.0 Å². The highest BCUT2D eigenvalue weighted by atomic mass is 32.2. The van der Waals surface area contributed by atoms with Crippen LogP contribution in [0.25, 0.3) is 11.1 Å². The van der Waals surface area contributed by atoms with E-state index in [0.29, 0.717) is 11.1 Å². The lowest BCUT2D eigenvalue weighted by Crippen LogP contribution is -2.37. The van der Waals surface area contributed by atoms with Gasteiger partial charge >= 0.3 is 5.97 Å². The van der Waals surface area contributed by atoms with Gasteiger partial charge in [0.25, 0.3) is 0 Å². The Kier molecular flexibility index (Phi) is 8.11. The largest absolute Gasteiger partial charge is 0.466 e. The monoisotopic (exact) mass is 451 g/mol. The van der Waals surface area contributed by atoms with Gasteiger partial charge in [-0.25, -0.2) is 17.7 Å². The summed E-state index contributed by atoms with van der Waals surface area (Å²) in [5.41, 5.74) is 3.57. The Balaban J connectivity index is 2.62. The van der Waals surface area contributed by atoms with E-state index in [0.717, 1.165) is 16.7 Å². The molecular formula is C24H31F2NO3S. The third-order valence-corrected chi connectivity index (χ3v) is 6.54. The zero-order valence-corrected chi connectivity index (χ0v) is 20.0. The van der Waals surface area contributed by atoms with Crippen molar-refractivity contribution in [1.29, 1.82) is 0 Å². The summed E-state index contributed by atoms with van der Waals surface area (Å²) < 4.78 is 49.2. The number of hydrogen-bond donors (Lipinski definition) is 1. The normalized spacial score (nSPS) is 13.7. The summed E-state index contributed by atoms with van der Waals surface area (Å²) in [5.74, 6) is -1.32. The Morgan fingerprint density at radius 3 is 2.16 bits per heavy atom. The van der Waals surface area contributed by atoms with E-state index in [-0.39, 0.29) is 24.4 Å². The highest BCUT2D eigenvalue weighted by Crippen LogP contribution is 2.34. The SMILES string of the molecule is CCOC(=O)C[C@H](N[S@](=O)C(C)(C)C)c1cc(-c2c(C)cc(F)cc2C)cc(C)c1F. The maximum Gasteiger partial charge on any atom is 0.307 e. The third kappa shape index (κ3) is 6.20. The van der Waals surface area contributed by atoms with Crippen molar-refractivity contribution < 1.29 is 22.5 Å². The highest BCUT2D eigenvalue weighted by molar-refractivity contribution is 7.84. The van der Waals surface area contributed by atoms with Crippen molar-refractivity contribution in [2.24, 2.45) is 0 Å². The molecule has 31 heavy (non-hydrogen) atoms. The number of carbonyl (C=O) groups is 1. The molecule has 2 atom stereocenters. The molecule has 0 aliphatic rings. The molecule has 0 fully saturated rings. The molecule has 7 heteroatoms. The second kappa shape index (κ2) is 10.0. The van der Waals surface area contributed by atoms with E-state index in [1.807, 2.05) is 0 Å². The highest BCUT2D eigenvalue weighted by Gasteiger charge is 2.28. The summed E-state index contributed by atoms with van der Waals surface area (Å²) in [6, 6.07) is 5.37. The molecule has 0 aromatic heterocycles. The lowest BCUT2D eigenvalue weighted by Gasteiger charge is -2.25. The first-order chi connectivity index (χ1) is 14.3. The number of hydrogen-bond acceptors (Lipinski definition) is 3. The number of halogens is 2. The van der Waals surface area contributed by atoms with Crippen LogP contribution in [-0.4, -0.2) is 21.5 Å². The molecule has 0 spiro atoms. The van der Waals surface area contributed by atoms with Gasteiger partial charge in [0.05, 0.1) is 34.8 Å². The van der Waals surface area contributed by atoms with Gasteiger partial charge in [-0.2, -0.15) is 0 Å². The topological polar surface area (TPSA) is 55.4 Å². The van der Waals surface area contributed by atoms with Gasteiger partial charge in [-0.3, -0.25) is 4.79 Å². The fourth-order valence-corrected chi connectivity index (χ4v) is 4.29. The second-order valence-electron chi connectivity index (χ2n) is 8.67. The number of ether oxygens (including phenoxy) is 1. The van der Waals surface area contributed by atoms with E-state index >= 15 is 4.39 Å². The van der Waals surface area contributed by atoms with Gasteiger partial charge in [-0.1, -0.05) is 0 Å². The van der Waals surface area contributed by atoms with Crippen molar-refractivity contribution in [3.8, 4) is 11.1 Å². The van der Waals surface area contributed by atoms with Crippen molar-refractivity contribution in [2.45, 2.75) is 65.7 Å². The number of carbonyl (C=O) groups excluding carboxylic acids is 1. The molecule has 170 valence electrons. The van der Waals surface area contributed by atoms with Gasteiger partial charge in [0.15, 0.2) is 0 Å². The summed E-state index contributed by atoms with van der Waals surface area (Å²) >= 11 is 0. The molecule has 0 bridgehead atoms. The lowest BCUT2D eigenvalue weighted by atomic mass is 9.90. The maximum atomic E-state index is 15.2. The maximum absolute atomic E-state index is 15.2. The van der Waals surface area contributed by atoms with Gasteiger partial charge in [-0.15, -0.1) is 0 Å². The Morgan fingerprint density at radius 1 is 1.06 bits per heavy atom. The quantitative estimate of drug-likeness (QED) is 0.557. The zero-order chi connectivity index (χ0) is 23.5. The smallest absolute Gasteiger partial charge is 0.307 e. The lowest BCUT2D eigenvalue weighted by molar-refractivity contribution is -0.143. The minimum absolute atomic E-state index is 0.170. The van der Waals surface area contributed by atoms with Gasteiger partial charge < -0.3 is 4.74 Å². The van der Waals surface area contributed by atoms with E-state index in [4.69, 9.17) is 4.74 Å². The molecule has 0 radical (unpaired) electrons. The molecule has 1 N–H and O–H groups in total. The predicted molar refractivity (Wildman–Crippen MR) is 121 cm³/mol. The number of benzene rings is 2. The summed E-state index contributed by atoms with van der Waals surface area (Å²) in [7, 11) is -1.54. The summed E-state index contributed by atoms with van der Waals surface area (Å²) in [5, 5.41) is 0. The Morgan fingerprint density at radius 2 is 1.65 bits per heavy atom. The van der Waals surface area contributed by atoms with E-state index in [1.54, 1.807) is 60.6 Å². The number of esters is 1. The van der Waals surface area contributed by atoms with Crippen LogP contribution in [0.3, 0.4) is 0 Å². The van der Waals surface area contributed by atoms with E-state index < -0.39 is 33.6 Å². The molecule has 4 nitrogen and oxygen atoms in total.